The van der Waals surface area contributed by atoms with Gasteiger partial charge in [0.1, 0.15) is 6.10 Å². The van der Waals surface area contributed by atoms with Crippen LogP contribution in [0.5, 0.6) is 11.5 Å². The lowest BCUT2D eigenvalue weighted by Gasteiger charge is -2.12. The summed E-state index contributed by atoms with van der Waals surface area (Å²) in [5.41, 5.74) is 7.90. The van der Waals surface area contributed by atoms with Gasteiger partial charge in [-0.1, -0.05) is 12.1 Å². The number of hydrogen-bond acceptors (Lipinski definition) is 5. The molecule has 0 aliphatic heterocycles. The largest absolute Gasteiger partial charge is 0.504 e. The van der Waals surface area contributed by atoms with Gasteiger partial charge in [0.15, 0.2) is 11.5 Å². The topological polar surface area (TPSA) is 109 Å². The Morgan fingerprint density at radius 3 is 2.62 bits per heavy atom. The highest BCUT2D eigenvalue weighted by molar-refractivity contribution is 6.61. The van der Waals surface area contributed by atoms with E-state index in [9.17, 15) is 14.7 Å². The molecule has 21 heavy (non-hydrogen) atoms. The SMILES string of the molecule is CC(=O)C(=[N+]=[N-])C(=O)OC(C)CCOc1ccccc1O. The van der Waals surface area contributed by atoms with Gasteiger partial charge in [-0.15, -0.1) is 0 Å². The molecule has 1 aromatic carbocycles. The Hall–Kier alpha value is -2.66. The minimum Gasteiger partial charge on any atom is -0.504 e. The number of ether oxygens (including phenoxy) is 2. The number of nitrogens with zero attached hydrogens (tertiary/aromatic N) is 2. The van der Waals surface area contributed by atoms with Crippen LogP contribution in [0.3, 0.4) is 0 Å². The highest BCUT2D eigenvalue weighted by Crippen LogP contribution is 2.24. The van der Waals surface area contributed by atoms with Gasteiger partial charge in [0, 0.05) is 13.3 Å². The van der Waals surface area contributed by atoms with Crippen molar-refractivity contribution >= 4 is 17.5 Å². The van der Waals surface area contributed by atoms with Gasteiger partial charge >= 0.3 is 11.7 Å². The zero-order valence-electron chi connectivity index (χ0n) is 11.8. The van der Waals surface area contributed by atoms with Gasteiger partial charge in [-0.2, -0.15) is 4.79 Å². The number of carbonyl (C=O) groups excluding carboxylic acids is 2. The van der Waals surface area contributed by atoms with E-state index in [0.717, 1.165) is 6.92 Å². The van der Waals surface area contributed by atoms with E-state index >= 15 is 0 Å². The number of rotatable bonds is 7. The quantitative estimate of drug-likeness (QED) is 0.268. The fourth-order valence-corrected chi connectivity index (χ4v) is 1.47. The second-order valence-corrected chi connectivity index (χ2v) is 4.33. The predicted octanol–water partition coefficient (Wildman–Crippen LogP) is 1.35. The second kappa shape index (κ2) is 7.81. The van der Waals surface area contributed by atoms with E-state index in [0.29, 0.717) is 12.2 Å². The maximum atomic E-state index is 11.5. The summed E-state index contributed by atoms with van der Waals surface area (Å²) in [6, 6.07) is 6.49. The van der Waals surface area contributed by atoms with Gasteiger partial charge in [0.2, 0.25) is 5.78 Å². The number of aromatic hydroxyl groups is 1. The molecule has 0 fully saturated rings. The Labute approximate surface area is 121 Å². The average molecular weight is 292 g/mol. The van der Waals surface area contributed by atoms with Crippen molar-refractivity contribution in [3.8, 4) is 11.5 Å². The zero-order chi connectivity index (χ0) is 15.8. The first-order chi connectivity index (χ1) is 9.95. The van der Waals surface area contributed by atoms with Gasteiger partial charge < -0.3 is 20.1 Å². The number of hydrogen-bond donors (Lipinski definition) is 1. The molecule has 0 saturated heterocycles. The minimum absolute atomic E-state index is 0.0217. The molecule has 1 atom stereocenters. The number of benzene rings is 1. The van der Waals surface area contributed by atoms with Crippen LogP contribution in [0.1, 0.15) is 20.3 Å². The van der Waals surface area contributed by atoms with Gasteiger partial charge in [-0.3, -0.25) is 4.79 Å². The van der Waals surface area contributed by atoms with E-state index in [1.165, 1.54) is 6.07 Å². The lowest BCUT2D eigenvalue weighted by atomic mass is 10.2. The lowest BCUT2D eigenvalue weighted by Crippen LogP contribution is -2.29. The lowest BCUT2D eigenvalue weighted by molar-refractivity contribution is -0.146. The first kappa shape index (κ1) is 16.4. The maximum absolute atomic E-state index is 11.5. The molecule has 1 rings (SSSR count). The van der Waals surface area contributed by atoms with Gasteiger partial charge in [-0.05, 0) is 19.1 Å². The van der Waals surface area contributed by atoms with Crippen LogP contribution in [0.25, 0.3) is 5.53 Å². The van der Waals surface area contributed by atoms with Crippen LogP contribution in [0, 0.1) is 0 Å². The van der Waals surface area contributed by atoms with Crippen molar-refractivity contribution in [2.24, 2.45) is 0 Å². The van der Waals surface area contributed by atoms with Crippen LogP contribution in [-0.4, -0.2) is 40.1 Å². The van der Waals surface area contributed by atoms with Crippen LogP contribution >= 0.6 is 0 Å². The van der Waals surface area contributed by atoms with Gasteiger partial charge in [0.05, 0.1) is 6.61 Å². The number of carbonyl (C=O) groups is 2. The molecule has 112 valence electrons. The van der Waals surface area contributed by atoms with Crippen molar-refractivity contribution in [2.75, 3.05) is 6.61 Å². The van der Waals surface area contributed by atoms with Crippen molar-refractivity contribution in [1.29, 1.82) is 0 Å². The molecule has 0 saturated carbocycles. The Morgan fingerprint density at radius 2 is 2.05 bits per heavy atom. The van der Waals surface area contributed by atoms with E-state index in [-0.39, 0.29) is 12.4 Å². The molecule has 0 bridgehead atoms. The molecule has 7 nitrogen and oxygen atoms in total. The summed E-state index contributed by atoms with van der Waals surface area (Å²) in [7, 11) is 0. The first-order valence-corrected chi connectivity index (χ1v) is 6.30. The number of phenols is 1. The summed E-state index contributed by atoms with van der Waals surface area (Å²) in [6.07, 6.45) is -0.198. The fraction of sp³-hybridized carbons (Fsp3) is 0.357. The summed E-state index contributed by atoms with van der Waals surface area (Å²) < 4.78 is 10.3. The van der Waals surface area contributed by atoms with Crippen LogP contribution < -0.4 is 4.74 Å². The first-order valence-electron chi connectivity index (χ1n) is 6.30. The minimum atomic E-state index is -0.986. The Balaban J connectivity index is 2.43. The Morgan fingerprint density at radius 1 is 1.38 bits per heavy atom. The molecule has 0 aromatic heterocycles. The molecule has 0 radical (unpaired) electrons. The third-order valence-corrected chi connectivity index (χ3v) is 2.58. The van der Waals surface area contributed by atoms with Crippen LogP contribution in [-0.2, 0) is 14.3 Å². The average Bonchev–Trinajstić information content (AvgIpc) is 2.41. The number of phenolic OH excluding ortho intramolecular Hbond substituents is 1. The molecular formula is C14H16N2O5. The molecule has 0 aliphatic rings. The molecule has 0 aliphatic carbocycles. The monoisotopic (exact) mass is 292 g/mol. The molecule has 0 spiro atoms. The van der Waals surface area contributed by atoms with Crippen molar-refractivity contribution in [3.63, 3.8) is 0 Å². The van der Waals surface area contributed by atoms with E-state index in [2.05, 4.69) is 4.79 Å². The van der Waals surface area contributed by atoms with Crippen LogP contribution in [0.15, 0.2) is 24.3 Å². The van der Waals surface area contributed by atoms with Crippen molar-refractivity contribution < 1.29 is 29.0 Å². The third-order valence-electron chi connectivity index (χ3n) is 2.58. The smallest absolute Gasteiger partial charge is 0.441 e. The van der Waals surface area contributed by atoms with E-state index in [4.69, 9.17) is 15.0 Å². The molecule has 1 N–H and O–H groups in total. The predicted molar refractivity (Wildman–Crippen MR) is 73.1 cm³/mol. The summed E-state index contributed by atoms with van der Waals surface area (Å²) in [4.78, 5) is 25.1. The summed E-state index contributed by atoms with van der Waals surface area (Å²) in [5, 5.41) is 9.50. The van der Waals surface area contributed by atoms with Crippen molar-refractivity contribution in [3.05, 3.63) is 29.8 Å². The number of Topliss-reactive ketones (excluding diaryl/α,β-unsaturated/α-hetero) is 1. The third kappa shape index (κ3) is 5.08. The second-order valence-electron chi connectivity index (χ2n) is 4.33. The van der Waals surface area contributed by atoms with Gasteiger partial charge in [-0.25, -0.2) is 4.79 Å². The van der Waals surface area contributed by atoms with E-state index in [1.807, 2.05) is 0 Å². The highest BCUT2D eigenvalue weighted by atomic mass is 16.5. The maximum Gasteiger partial charge on any atom is 0.441 e. The number of ketones is 1. The summed E-state index contributed by atoms with van der Waals surface area (Å²) in [5.74, 6) is -1.31. The van der Waals surface area contributed by atoms with Crippen molar-refractivity contribution in [1.82, 2.24) is 0 Å². The summed E-state index contributed by atoms with van der Waals surface area (Å²) >= 11 is 0. The molecule has 1 aromatic rings. The molecule has 7 heteroatoms. The normalized spacial score (nSPS) is 11.1. The molecular weight excluding hydrogens is 276 g/mol. The number of esters is 1. The molecule has 0 amide bonds. The van der Waals surface area contributed by atoms with Crippen LogP contribution in [0.2, 0.25) is 0 Å². The standard InChI is InChI=1S/C14H16N2O5/c1-9(21-14(19)13(16-15)10(2)17)7-8-20-12-6-4-3-5-11(12)18/h3-6,9,18H,7-8H2,1-2H3. The van der Waals surface area contributed by atoms with E-state index in [1.54, 1.807) is 25.1 Å². The fourth-order valence-electron chi connectivity index (χ4n) is 1.47. The summed E-state index contributed by atoms with van der Waals surface area (Å²) in [6.45, 7) is 2.92. The molecule has 0 heterocycles. The Bertz CT molecular complexity index is 578. The van der Waals surface area contributed by atoms with Crippen molar-refractivity contribution in [2.45, 2.75) is 26.4 Å². The molecule has 1 unspecified atom stereocenters. The number of para-hydroxylation sites is 2. The van der Waals surface area contributed by atoms with E-state index < -0.39 is 23.6 Å². The highest BCUT2D eigenvalue weighted by Gasteiger charge is 2.28. The van der Waals surface area contributed by atoms with Gasteiger partial charge in [0.25, 0.3) is 0 Å². The van der Waals surface area contributed by atoms with Crippen LogP contribution in [0.4, 0.5) is 0 Å². The zero-order valence-corrected chi connectivity index (χ0v) is 11.8. The Kier molecular flexibility index (Phi) is 6.10.